The van der Waals surface area contributed by atoms with Crippen molar-refractivity contribution in [3.63, 3.8) is 0 Å². The fourth-order valence-electron chi connectivity index (χ4n) is 1.65. The van der Waals surface area contributed by atoms with Gasteiger partial charge in [0.05, 0.1) is 11.5 Å². The van der Waals surface area contributed by atoms with Crippen molar-refractivity contribution in [1.82, 2.24) is 10.2 Å². The quantitative estimate of drug-likeness (QED) is 0.613. The number of amides is 1. The average Bonchev–Trinajstić information content (AvgIpc) is 2.24. The standard InChI is InChI=1S/C12H25N3OS/c1-4-6-10(3)14-12(16)9-15(5-2)8-7-11(13)17/h10H,4-9H2,1-3H3,(H2,13,17)(H,14,16). The molecule has 0 aromatic carbocycles. The van der Waals surface area contributed by atoms with Gasteiger partial charge in [-0.3, -0.25) is 9.69 Å². The summed E-state index contributed by atoms with van der Waals surface area (Å²) in [5, 5.41) is 2.99. The van der Waals surface area contributed by atoms with E-state index in [1.165, 1.54) is 0 Å². The highest BCUT2D eigenvalue weighted by molar-refractivity contribution is 7.80. The molecule has 0 saturated heterocycles. The zero-order chi connectivity index (χ0) is 13.3. The zero-order valence-corrected chi connectivity index (χ0v) is 12.0. The highest BCUT2D eigenvalue weighted by Crippen LogP contribution is 1.96. The number of hydrogen-bond acceptors (Lipinski definition) is 3. The lowest BCUT2D eigenvalue weighted by Gasteiger charge is -2.21. The predicted molar refractivity (Wildman–Crippen MR) is 76.0 cm³/mol. The van der Waals surface area contributed by atoms with Crippen LogP contribution >= 0.6 is 12.2 Å². The first kappa shape index (κ1) is 16.3. The third kappa shape index (κ3) is 9.06. The predicted octanol–water partition coefficient (Wildman–Crippen LogP) is 1.29. The topological polar surface area (TPSA) is 58.4 Å². The lowest BCUT2D eigenvalue weighted by molar-refractivity contribution is -0.122. The van der Waals surface area contributed by atoms with Gasteiger partial charge in [0.2, 0.25) is 5.91 Å². The normalized spacial score (nSPS) is 12.5. The molecular weight excluding hydrogens is 234 g/mol. The van der Waals surface area contributed by atoms with Gasteiger partial charge in [0.1, 0.15) is 0 Å². The molecule has 100 valence electrons. The minimum absolute atomic E-state index is 0.0794. The Labute approximate surface area is 110 Å². The molecule has 17 heavy (non-hydrogen) atoms. The largest absolute Gasteiger partial charge is 0.393 e. The third-order valence-corrected chi connectivity index (χ3v) is 2.82. The molecule has 1 atom stereocenters. The van der Waals surface area contributed by atoms with E-state index in [4.69, 9.17) is 18.0 Å². The second-order valence-electron chi connectivity index (χ2n) is 4.34. The molecule has 0 rings (SSSR count). The maximum Gasteiger partial charge on any atom is 0.234 e. The first-order valence-electron chi connectivity index (χ1n) is 6.29. The molecule has 0 aliphatic heterocycles. The average molecular weight is 259 g/mol. The minimum atomic E-state index is 0.0794. The number of rotatable bonds is 9. The van der Waals surface area contributed by atoms with Crippen LogP contribution in [0.2, 0.25) is 0 Å². The number of nitrogens with one attached hydrogen (secondary N) is 1. The van der Waals surface area contributed by atoms with Crippen molar-refractivity contribution in [2.24, 2.45) is 5.73 Å². The molecule has 0 aliphatic rings. The molecule has 0 aromatic rings. The van der Waals surface area contributed by atoms with E-state index < -0.39 is 0 Å². The van der Waals surface area contributed by atoms with Crippen molar-refractivity contribution in [1.29, 1.82) is 0 Å². The number of thiocarbonyl (C=S) groups is 1. The van der Waals surface area contributed by atoms with Gasteiger partial charge >= 0.3 is 0 Å². The van der Waals surface area contributed by atoms with Crippen molar-refractivity contribution in [3.8, 4) is 0 Å². The first-order valence-corrected chi connectivity index (χ1v) is 6.70. The van der Waals surface area contributed by atoms with Gasteiger partial charge in [-0.25, -0.2) is 0 Å². The molecule has 0 radical (unpaired) electrons. The van der Waals surface area contributed by atoms with E-state index in [1.54, 1.807) is 0 Å². The fourth-order valence-corrected chi connectivity index (χ4v) is 1.74. The lowest BCUT2D eigenvalue weighted by Crippen LogP contribution is -2.41. The van der Waals surface area contributed by atoms with Crippen LogP contribution in [0.5, 0.6) is 0 Å². The molecule has 0 heterocycles. The number of hydrogen-bond donors (Lipinski definition) is 2. The van der Waals surface area contributed by atoms with Gasteiger partial charge in [0, 0.05) is 19.0 Å². The van der Waals surface area contributed by atoms with Crippen LogP contribution in [-0.2, 0) is 4.79 Å². The van der Waals surface area contributed by atoms with E-state index in [-0.39, 0.29) is 11.9 Å². The SMILES string of the molecule is CCCC(C)NC(=O)CN(CC)CCC(N)=S. The van der Waals surface area contributed by atoms with Gasteiger partial charge in [0.25, 0.3) is 0 Å². The molecule has 0 bridgehead atoms. The maximum atomic E-state index is 11.7. The van der Waals surface area contributed by atoms with Crippen LogP contribution in [0.3, 0.4) is 0 Å². The molecule has 4 nitrogen and oxygen atoms in total. The molecule has 0 saturated carbocycles. The van der Waals surface area contributed by atoms with Gasteiger partial charge < -0.3 is 11.1 Å². The molecule has 0 spiro atoms. The van der Waals surface area contributed by atoms with Gasteiger partial charge in [-0.05, 0) is 19.9 Å². The Morgan fingerprint density at radius 2 is 2.12 bits per heavy atom. The summed E-state index contributed by atoms with van der Waals surface area (Å²) in [4.78, 5) is 14.3. The number of nitrogens with zero attached hydrogens (tertiary/aromatic N) is 1. The van der Waals surface area contributed by atoms with Crippen LogP contribution < -0.4 is 11.1 Å². The minimum Gasteiger partial charge on any atom is -0.393 e. The summed E-state index contributed by atoms with van der Waals surface area (Å²) in [6, 6.07) is 0.252. The van der Waals surface area contributed by atoms with E-state index in [0.29, 0.717) is 18.0 Å². The van der Waals surface area contributed by atoms with E-state index in [1.807, 2.05) is 18.7 Å². The van der Waals surface area contributed by atoms with Crippen LogP contribution in [0.15, 0.2) is 0 Å². The highest BCUT2D eigenvalue weighted by Gasteiger charge is 2.11. The Morgan fingerprint density at radius 1 is 1.47 bits per heavy atom. The van der Waals surface area contributed by atoms with Crippen molar-refractivity contribution in [2.75, 3.05) is 19.6 Å². The molecular formula is C12H25N3OS. The molecule has 0 aliphatic carbocycles. The van der Waals surface area contributed by atoms with Crippen LogP contribution in [0.25, 0.3) is 0 Å². The van der Waals surface area contributed by atoms with Crippen LogP contribution in [0.1, 0.15) is 40.0 Å². The summed E-state index contributed by atoms with van der Waals surface area (Å²) < 4.78 is 0. The molecule has 3 N–H and O–H groups in total. The number of likely N-dealkylation sites (N-methyl/N-ethyl adjacent to an activating group) is 1. The highest BCUT2D eigenvalue weighted by atomic mass is 32.1. The van der Waals surface area contributed by atoms with E-state index in [9.17, 15) is 4.79 Å². The fraction of sp³-hybridized carbons (Fsp3) is 0.833. The van der Waals surface area contributed by atoms with Crippen LogP contribution in [0, 0.1) is 0 Å². The smallest absolute Gasteiger partial charge is 0.234 e. The van der Waals surface area contributed by atoms with Crippen molar-refractivity contribution in [2.45, 2.75) is 46.1 Å². The lowest BCUT2D eigenvalue weighted by atomic mass is 10.2. The number of carbonyl (C=O) groups is 1. The molecule has 0 aromatic heterocycles. The van der Waals surface area contributed by atoms with Crippen LogP contribution in [0.4, 0.5) is 0 Å². The van der Waals surface area contributed by atoms with Gasteiger partial charge in [-0.2, -0.15) is 0 Å². The van der Waals surface area contributed by atoms with Gasteiger partial charge in [-0.1, -0.05) is 32.5 Å². The van der Waals surface area contributed by atoms with E-state index >= 15 is 0 Å². The zero-order valence-electron chi connectivity index (χ0n) is 11.2. The first-order chi connectivity index (χ1) is 7.99. The Balaban J connectivity index is 3.92. The third-order valence-electron chi connectivity index (χ3n) is 2.62. The second kappa shape index (κ2) is 9.36. The van der Waals surface area contributed by atoms with E-state index in [2.05, 4.69) is 12.2 Å². The summed E-state index contributed by atoms with van der Waals surface area (Å²) in [6.07, 6.45) is 2.77. The molecule has 5 heteroatoms. The van der Waals surface area contributed by atoms with E-state index in [0.717, 1.165) is 25.9 Å². The van der Waals surface area contributed by atoms with Crippen molar-refractivity contribution in [3.05, 3.63) is 0 Å². The summed E-state index contributed by atoms with van der Waals surface area (Å²) in [5.74, 6) is 0.0794. The monoisotopic (exact) mass is 259 g/mol. The molecule has 0 fully saturated rings. The maximum absolute atomic E-state index is 11.7. The van der Waals surface area contributed by atoms with Crippen molar-refractivity contribution >= 4 is 23.1 Å². The Hall–Kier alpha value is -0.680. The Morgan fingerprint density at radius 3 is 2.59 bits per heavy atom. The molecule has 1 unspecified atom stereocenters. The van der Waals surface area contributed by atoms with Gasteiger partial charge in [0.15, 0.2) is 0 Å². The Bertz CT molecular complexity index is 246. The Kier molecular flexibility index (Phi) is 8.99. The van der Waals surface area contributed by atoms with Crippen LogP contribution in [-0.4, -0.2) is 41.5 Å². The van der Waals surface area contributed by atoms with Crippen molar-refractivity contribution < 1.29 is 4.79 Å². The molecule has 1 amide bonds. The number of carbonyl (C=O) groups excluding carboxylic acids is 1. The summed E-state index contributed by atoms with van der Waals surface area (Å²) in [5.41, 5.74) is 5.45. The second-order valence-corrected chi connectivity index (χ2v) is 4.87. The van der Waals surface area contributed by atoms with Gasteiger partial charge in [-0.15, -0.1) is 0 Å². The summed E-state index contributed by atoms with van der Waals surface area (Å²) >= 11 is 4.83. The summed E-state index contributed by atoms with van der Waals surface area (Å²) in [6.45, 7) is 8.19. The number of nitrogens with two attached hydrogens (primary N) is 1. The summed E-state index contributed by atoms with van der Waals surface area (Å²) in [7, 11) is 0.